The van der Waals surface area contributed by atoms with E-state index in [1.54, 1.807) is 0 Å². The minimum absolute atomic E-state index is 0.939. The van der Waals surface area contributed by atoms with Crippen molar-refractivity contribution in [1.82, 2.24) is 9.55 Å². The molecule has 0 aliphatic rings. The molecule has 52 heavy (non-hydrogen) atoms. The summed E-state index contributed by atoms with van der Waals surface area (Å²) in [5.41, 5.74) is 11.5. The van der Waals surface area contributed by atoms with Gasteiger partial charge in [0.25, 0.3) is 0 Å². The van der Waals surface area contributed by atoms with Gasteiger partial charge in [0.1, 0.15) is 5.82 Å². The first-order valence-electron chi connectivity index (χ1n) is 17.6. The molecule has 3 aromatic heterocycles. The Morgan fingerprint density at radius 1 is 0.423 bits per heavy atom. The van der Waals surface area contributed by atoms with Gasteiger partial charge in [-0.25, -0.2) is 4.98 Å². The zero-order valence-electron chi connectivity index (χ0n) is 28.6. The fourth-order valence-corrected chi connectivity index (χ4v) is 8.73. The van der Waals surface area contributed by atoms with Gasteiger partial charge >= 0.3 is 0 Å². The molecular formula is C48H33N3S. The normalized spacial score (nSPS) is 11.6. The minimum atomic E-state index is 0.939. The summed E-state index contributed by atoms with van der Waals surface area (Å²) in [5.74, 6) is 0.939. The summed E-state index contributed by atoms with van der Waals surface area (Å²) in [6.45, 7) is 2.04. The molecule has 10 aromatic rings. The molecule has 0 unspecified atom stereocenters. The van der Waals surface area contributed by atoms with Crippen LogP contribution in [-0.2, 0) is 0 Å². The van der Waals surface area contributed by atoms with Crippen molar-refractivity contribution >= 4 is 70.4 Å². The fourth-order valence-electron chi connectivity index (χ4n) is 7.59. The third kappa shape index (κ3) is 5.15. The van der Waals surface area contributed by atoms with Gasteiger partial charge in [-0.3, -0.25) is 4.57 Å². The summed E-state index contributed by atoms with van der Waals surface area (Å²) >= 11 is 1.85. The number of thiophene rings is 1. The summed E-state index contributed by atoms with van der Waals surface area (Å²) in [6, 6.07) is 65.7. The van der Waals surface area contributed by atoms with Crippen LogP contribution in [0.4, 0.5) is 17.1 Å². The third-order valence-corrected chi connectivity index (χ3v) is 11.2. The van der Waals surface area contributed by atoms with E-state index in [4.69, 9.17) is 4.98 Å². The van der Waals surface area contributed by atoms with E-state index in [2.05, 4.69) is 185 Å². The van der Waals surface area contributed by atoms with Gasteiger partial charge in [-0.1, -0.05) is 109 Å². The highest BCUT2D eigenvalue weighted by Gasteiger charge is 2.17. The Hall–Kier alpha value is -6.49. The Labute approximate surface area is 306 Å². The number of hydrogen-bond donors (Lipinski definition) is 0. The zero-order chi connectivity index (χ0) is 34.6. The first kappa shape index (κ1) is 30.3. The number of para-hydroxylation sites is 1. The van der Waals surface area contributed by atoms with Crippen LogP contribution in [0.25, 0.3) is 70.0 Å². The van der Waals surface area contributed by atoms with Gasteiger partial charge < -0.3 is 4.90 Å². The Morgan fingerprint density at radius 2 is 1.02 bits per heavy atom. The molecule has 0 N–H and O–H groups in total. The van der Waals surface area contributed by atoms with Gasteiger partial charge in [0.2, 0.25) is 0 Å². The quantitative estimate of drug-likeness (QED) is 0.174. The number of fused-ring (bicyclic) bond motifs is 6. The second kappa shape index (κ2) is 12.4. The fraction of sp³-hybridized carbons (Fsp3) is 0.0208. The molecule has 10 rings (SSSR count). The van der Waals surface area contributed by atoms with Crippen molar-refractivity contribution in [3.8, 4) is 28.1 Å². The first-order valence-corrected chi connectivity index (χ1v) is 18.4. The molecule has 0 atom stereocenters. The number of hydrogen-bond acceptors (Lipinski definition) is 3. The molecule has 0 spiro atoms. The number of anilines is 3. The van der Waals surface area contributed by atoms with E-state index in [-0.39, 0.29) is 0 Å². The molecule has 3 heterocycles. The molecule has 0 radical (unpaired) electrons. The van der Waals surface area contributed by atoms with Crippen LogP contribution >= 0.6 is 11.3 Å². The van der Waals surface area contributed by atoms with E-state index in [9.17, 15) is 0 Å². The van der Waals surface area contributed by atoms with Crippen LogP contribution in [0, 0.1) is 6.92 Å². The molecule has 4 heteroatoms. The lowest BCUT2D eigenvalue weighted by Gasteiger charge is -2.26. The summed E-state index contributed by atoms with van der Waals surface area (Å²) in [7, 11) is 0. The lowest BCUT2D eigenvalue weighted by atomic mass is 10.0. The lowest BCUT2D eigenvalue weighted by Crippen LogP contribution is -2.09. The minimum Gasteiger partial charge on any atom is -0.310 e. The van der Waals surface area contributed by atoms with Crippen molar-refractivity contribution in [2.24, 2.45) is 0 Å². The van der Waals surface area contributed by atoms with Crippen molar-refractivity contribution in [3.05, 3.63) is 188 Å². The van der Waals surface area contributed by atoms with Crippen molar-refractivity contribution in [2.45, 2.75) is 6.92 Å². The maximum atomic E-state index is 4.88. The molecule has 0 bridgehead atoms. The Kier molecular flexibility index (Phi) is 7.22. The van der Waals surface area contributed by atoms with E-state index in [0.29, 0.717) is 0 Å². The maximum absolute atomic E-state index is 4.88. The number of aryl methyl sites for hydroxylation is 1. The van der Waals surface area contributed by atoms with Crippen LogP contribution in [-0.4, -0.2) is 9.55 Å². The predicted octanol–water partition coefficient (Wildman–Crippen LogP) is 13.7. The zero-order valence-corrected chi connectivity index (χ0v) is 29.4. The molecule has 246 valence electrons. The summed E-state index contributed by atoms with van der Waals surface area (Å²) < 4.78 is 4.88. The molecule has 0 saturated heterocycles. The van der Waals surface area contributed by atoms with Crippen LogP contribution in [0.2, 0.25) is 0 Å². The molecule has 0 aliphatic heterocycles. The second-order valence-corrected chi connectivity index (χ2v) is 14.4. The average Bonchev–Trinajstić information content (AvgIpc) is 3.74. The maximum Gasteiger partial charge on any atom is 0.137 e. The van der Waals surface area contributed by atoms with Crippen LogP contribution in [0.1, 0.15) is 5.69 Å². The van der Waals surface area contributed by atoms with Crippen LogP contribution < -0.4 is 4.90 Å². The van der Waals surface area contributed by atoms with Crippen molar-refractivity contribution in [2.75, 3.05) is 4.90 Å². The topological polar surface area (TPSA) is 21.1 Å². The lowest BCUT2D eigenvalue weighted by molar-refractivity contribution is 1.05. The van der Waals surface area contributed by atoms with E-state index >= 15 is 0 Å². The van der Waals surface area contributed by atoms with Crippen molar-refractivity contribution in [1.29, 1.82) is 0 Å². The number of aromatic nitrogens is 2. The van der Waals surface area contributed by atoms with Gasteiger partial charge in [0.05, 0.1) is 11.0 Å². The molecule has 0 fully saturated rings. The van der Waals surface area contributed by atoms with Gasteiger partial charge in [0.15, 0.2) is 0 Å². The molecule has 0 aliphatic carbocycles. The largest absolute Gasteiger partial charge is 0.310 e. The number of nitrogens with zero attached hydrogens (tertiary/aromatic N) is 3. The van der Waals surface area contributed by atoms with Crippen LogP contribution in [0.15, 0.2) is 182 Å². The smallest absolute Gasteiger partial charge is 0.137 e. The summed E-state index contributed by atoms with van der Waals surface area (Å²) in [5, 5.41) is 5.06. The highest BCUT2D eigenvalue weighted by molar-refractivity contribution is 7.25. The Bertz CT molecular complexity index is 2900. The molecule has 0 saturated carbocycles. The first-order chi connectivity index (χ1) is 25.7. The van der Waals surface area contributed by atoms with E-state index < -0.39 is 0 Å². The highest BCUT2D eigenvalue weighted by atomic mass is 32.1. The van der Waals surface area contributed by atoms with E-state index in [0.717, 1.165) is 39.6 Å². The van der Waals surface area contributed by atoms with Crippen LogP contribution in [0.5, 0.6) is 0 Å². The van der Waals surface area contributed by atoms with Crippen LogP contribution in [0.3, 0.4) is 0 Å². The third-order valence-electron chi connectivity index (χ3n) is 10.1. The molecule has 7 aromatic carbocycles. The average molecular weight is 684 g/mol. The monoisotopic (exact) mass is 683 g/mol. The van der Waals surface area contributed by atoms with Crippen molar-refractivity contribution in [3.63, 3.8) is 0 Å². The summed E-state index contributed by atoms with van der Waals surface area (Å²) in [6.07, 6.45) is 0. The molecular weight excluding hydrogens is 651 g/mol. The molecule has 3 nitrogen and oxygen atoms in total. The Morgan fingerprint density at radius 3 is 1.79 bits per heavy atom. The van der Waals surface area contributed by atoms with Gasteiger partial charge in [0, 0.05) is 53.7 Å². The number of rotatable bonds is 6. The number of pyridine rings is 1. The predicted molar refractivity (Wildman–Crippen MR) is 222 cm³/mol. The SMILES string of the molecule is Cc1cccc(-n2c3ccccc3c3cc(-c4ccc(N(c5ccc(-c6ccccc6)cc5)c5ccc6c(c5)sc5ccccc56)cc4)ccc32)n1. The second-order valence-electron chi connectivity index (χ2n) is 13.3. The Balaban J connectivity index is 1.07. The highest BCUT2D eigenvalue weighted by Crippen LogP contribution is 2.42. The van der Waals surface area contributed by atoms with E-state index in [1.807, 2.05) is 24.3 Å². The van der Waals surface area contributed by atoms with Gasteiger partial charge in [-0.15, -0.1) is 11.3 Å². The van der Waals surface area contributed by atoms with Gasteiger partial charge in [-0.05, 0) is 102 Å². The standard InChI is InChI=1S/C48H33N3S/c1-32-10-9-17-48(49-32)51-44-15-7-5-13-40(44)43-30-36(22-29-45(43)51)35-20-25-38(26-21-35)50(37-23-18-34(19-24-37)33-11-3-2-4-12-33)39-27-28-42-41-14-6-8-16-46(41)52-47(42)31-39/h2-31H,1H3. The number of benzene rings is 7. The van der Waals surface area contributed by atoms with E-state index in [1.165, 1.54) is 53.2 Å². The van der Waals surface area contributed by atoms with Crippen molar-refractivity contribution < 1.29 is 0 Å². The molecule has 0 amide bonds. The van der Waals surface area contributed by atoms with Gasteiger partial charge in [-0.2, -0.15) is 0 Å². The summed E-state index contributed by atoms with van der Waals surface area (Å²) in [4.78, 5) is 7.25.